The van der Waals surface area contributed by atoms with Crippen molar-refractivity contribution in [3.05, 3.63) is 101 Å². The molecule has 3 aromatic carbocycles. The number of carbonyl (C=O) groups is 2. The zero-order valence-corrected chi connectivity index (χ0v) is 27.5. The van der Waals surface area contributed by atoms with Crippen molar-refractivity contribution in [2.75, 3.05) is 18.1 Å². The van der Waals surface area contributed by atoms with Crippen LogP contribution in [0.2, 0.25) is 0 Å². The Labute approximate surface area is 272 Å². The minimum absolute atomic E-state index is 0.0226. The van der Waals surface area contributed by atoms with Gasteiger partial charge in [-0.2, -0.15) is 0 Å². The first kappa shape index (κ1) is 32.2. The predicted octanol–water partition coefficient (Wildman–Crippen LogP) is 7.98. The van der Waals surface area contributed by atoms with Crippen molar-refractivity contribution in [1.29, 1.82) is 0 Å². The van der Waals surface area contributed by atoms with E-state index in [1.807, 2.05) is 38.1 Å². The van der Waals surface area contributed by atoms with Gasteiger partial charge in [-0.15, -0.1) is 10.2 Å². The fraction of sp³-hybridized carbons (Fsp3) is 0.314. The molecule has 10 heteroatoms. The number of aryl methyl sites for hydroxylation is 1. The molecule has 45 heavy (non-hydrogen) atoms. The highest BCUT2D eigenvalue weighted by molar-refractivity contribution is 8.00. The second kappa shape index (κ2) is 14.8. The van der Waals surface area contributed by atoms with E-state index < -0.39 is 17.7 Å². The van der Waals surface area contributed by atoms with E-state index in [1.54, 1.807) is 24.3 Å². The molecular weight excluding hydrogens is 607 g/mol. The number of aliphatic hydroxyl groups is 1. The van der Waals surface area contributed by atoms with Gasteiger partial charge in [0.25, 0.3) is 5.78 Å². The lowest BCUT2D eigenvalue weighted by molar-refractivity contribution is -0.132. The van der Waals surface area contributed by atoms with Gasteiger partial charge in [-0.3, -0.25) is 14.5 Å². The van der Waals surface area contributed by atoms with Crippen LogP contribution in [0, 0.1) is 12.8 Å². The highest BCUT2D eigenvalue weighted by Crippen LogP contribution is 2.44. The van der Waals surface area contributed by atoms with Gasteiger partial charge in [0.15, 0.2) is 4.34 Å². The maximum absolute atomic E-state index is 13.7. The monoisotopic (exact) mass is 643 g/mol. The van der Waals surface area contributed by atoms with Crippen molar-refractivity contribution < 1.29 is 24.2 Å². The number of amides is 1. The Morgan fingerprint density at radius 2 is 1.71 bits per heavy atom. The van der Waals surface area contributed by atoms with Gasteiger partial charge in [-0.25, -0.2) is 0 Å². The Balaban J connectivity index is 1.51. The fourth-order valence-corrected chi connectivity index (χ4v) is 6.63. The molecule has 1 atom stereocenters. The van der Waals surface area contributed by atoms with Crippen LogP contribution in [0.25, 0.3) is 5.76 Å². The minimum atomic E-state index is -0.933. The topological polar surface area (TPSA) is 102 Å². The lowest BCUT2D eigenvalue weighted by atomic mass is 9.95. The average molecular weight is 644 g/mol. The van der Waals surface area contributed by atoms with Gasteiger partial charge in [0.1, 0.15) is 17.3 Å². The van der Waals surface area contributed by atoms with Crippen LogP contribution in [0.4, 0.5) is 5.13 Å². The summed E-state index contributed by atoms with van der Waals surface area (Å²) in [5.74, 6) is 0.594. The molecule has 0 saturated carbocycles. The number of nitrogens with zero attached hydrogens (tertiary/aromatic N) is 3. The van der Waals surface area contributed by atoms with Crippen molar-refractivity contribution in [2.45, 2.75) is 56.7 Å². The van der Waals surface area contributed by atoms with Gasteiger partial charge in [-0.1, -0.05) is 85.8 Å². The number of ether oxygens (including phenoxy) is 2. The second-order valence-corrected chi connectivity index (χ2v) is 13.4. The van der Waals surface area contributed by atoms with Crippen molar-refractivity contribution in [1.82, 2.24) is 10.2 Å². The number of anilines is 1. The van der Waals surface area contributed by atoms with E-state index in [4.69, 9.17) is 9.47 Å². The summed E-state index contributed by atoms with van der Waals surface area (Å²) in [5, 5.41) is 20.5. The first-order valence-corrected chi connectivity index (χ1v) is 16.8. The highest BCUT2D eigenvalue weighted by Gasteiger charge is 2.48. The fourth-order valence-electron chi connectivity index (χ4n) is 4.80. The van der Waals surface area contributed by atoms with Crippen LogP contribution in [0.1, 0.15) is 61.9 Å². The van der Waals surface area contributed by atoms with E-state index in [9.17, 15) is 14.7 Å². The largest absolute Gasteiger partial charge is 0.507 e. The maximum Gasteiger partial charge on any atom is 0.301 e. The van der Waals surface area contributed by atoms with Gasteiger partial charge in [0.2, 0.25) is 5.13 Å². The van der Waals surface area contributed by atoms with Gasteiger partial charge in [0.05, 0.1) is 24.8 Å². The van der Waals surface area contributed by atoms with Gasteiger partial charge < -0.3 is 14.6 Å². The number of Topliss-reactive ketones (excluding diaryl/α,β-unsaturated/α-hetero) is 1. The summed E-state index contributed by atoms with van der Waals surface area (Å²) in [6.07, 6.45) is 1.75. The summed E-state index contributed by atoms with van der Waals surface area (Å²) in [4.78, 5) is 28.7. The van der Waals surface area contributed by atoms with E-state index in [0.717, 1.165) is 18.4 Å². The van der Waals surface area contributed by atoms with Crippen LogP contribution in [0.3, 0.4) is 0 Å². The second-order valence-electron chi connectivity index (χ2n) is 11.3. The lowest BCUT2D eigenvalue weighted by Crippen LogP contribution is -2.29. The molecule has 0 aliphatic carbocycles. The molecule has 1 aliphatic heterocycles. The van der Waals surface area contributed by atoms with Crippen LogP contribution < -0.4 is 14.4 Å². The third-order valence-corrected chi connectivity index (χ3v) is 9.39. The summed E-state index contributed by atoms with van der Waals surface area (Å²) in [7, 11) is 0. The van der Waals surface area contributed by atoms with E-state index in [1.165, 1.54) is 33.6 Å². The Bertz CT molecular complexity index is 1670. The molecule has 1 unspecified atom stereocenters. The zero-order chi connectivity index (χ0) is 31.9. The number of hydrogen-bond acceptors (Lipinski definition) is 9. The Morgan fingerprint density at radius 3 is 2.42 bits per heavy atom. The summed E-state index contributed by atoms with van der Waals surface area (Å²) < 4.78 is 12.4. The van der Waals surface area contributed by atoms with Gasteiger partial charge in [0, 0.05) is 11.3 Å². The number of benzene rings is 3. The standard InChI is InChI=1S/C35H37N3O5S2/c1-5-18-42-27-15-13-25(14-16-27)31(39)29-30(26-7-6-8-28(20-26)43-19-17-22(2)3)38(33(41)32(29)40)34-36-37-35(45-34)44-21-24-11-9-23(4)10-12-24/h6-16,20,22,30,39H,5,17-19,21H2,1-4H3/b31-29+. The number of rotatable bonds is 13. The van der Waals surface area contributed by atoms with Crippen LogP contribution in [0.15, 0.2) is 82.7 Å². The minimum Gasteiger partial charge on any atom is -0.507 e. The van der Waals surface area contributed by atoms with Crippen LogP contribution in [-0.4, -0.2) is 40.2 Å². The first-order chi connectivity index (χ1) is 21.7. The van der Waals surface area contributed by atoms with E-state index in [2.05, 4.69) is 48.3 Å². The van der Waals surface area contributed by atoms with E-state index in [0.29, 0.717) is 51.9 Å². The van der Waals surface area contributed by atoms with Crippen molar-refractivity contribution in [2.24, 2.45) is 5.92 Å². The molecule has 5 rings (SSSR count). The van der Waals surface area contributed by atoms with Crippen LogP contribution in [0.5, 0.6) is 11.5 Å². The normalized spacial score (nSPS) is 16.0. The molecule has 1 aromatic heterocycles. The number of carbonyl (C=O) groups excluding carboxylic acids is 2. The third-order valence-electron chi connectivity index (χ3n) is 7.27. The van der Waals surface area contributed by atoms with Crippen molar-refractivity contribution in [3.8, 4) is 11.5 Å². The molecule has 234 valence electrons. The van der Waals surface area contributed by atoms with Gasteiger partial charge in [-0.05, 0) is 73.2 Å². The molecule has 1 saturated heterocycles. The maximum atomic E-state index is 13.7. The molecule has 8 nitrogen and oxygen atoms in total. The molecule has 0 radical (unpaired) electrons. The third kappa shape index (κ3) is 7.75. The zero-order valence-electron chi connectivity index (χ0n) is 25.9. The molecular formula is C35H37N3O5S2. The predicted molar refractivity (Wildman–Crippen MR) is 179 cm³/mol. The van der Waals surface area contributed by atoms with Crippen molar-refractivity contribution in [3.63, 3.8) is 0 Å². The van der Waals surface area contributed by atoms with Gasteiger partial charge >= 0.3 is 5.91 Å². The Morgan fingerprint density at radius 1 is 0.978 bits per heavy atom. The molecule has 4 aromatic rings. The number of hydrogen-bond donors (Lipinski definition) is 1. The number of aliphatic hydroxyl groups excluding tert-OH is 1. The number of aromatic nitrogens is 2. The van der Waals surface area contributed by atoms with Crippen LogP contribution in [-0.2, 0) is 15.3 Å². The molecule has 1 N–H and O–H groups in total. The molecule has 0 bridgehead atoms. The molecule has 2 heterocycles. The summed E-state index contributed by atoms with van der Waals surface area (Å²) in [5.41, 5.74) is 3.32. The summed E-state index contributed by atoms with van der Waals surface area (Å²) in [6, 6.07) is 21.5. The number of thioether (sulfide) groups is 1. The molecule has 1 aliphatic rings. The smallest absolute Gasteiger partial charge is 0.301 e. The van der Waals surface area contributed by atoms with Crippen LogP contribution >= 0.6 is 23.1 Å². The number of ketones is 1. The highest BCUT2D eigenvalue weighted by atomic mass is 32.2. The Kier molecular flexibility index (Phi) is 10.6. The average Bonchev–Trinajstić information content (AvgIpc) is 3.61. The SMILES string of the molecule is CCCOc1ccc(/C(O)=C2\C(=O)C(=O)N(c3nnc(SCc4ccc(C)cc4)s3)C2c2cccc(OCCC(C)C)c2)cc1. The first-order valence-electron chi connectivity index (χ1n) is 15.0. The molecule has 1 fully saturated rings. The quantitative estimate of drug-likeness (QED) is 0.0515. The Hall–Kier alpha value is -4.15. The van der Waals surface area contributed by atoms with E-state index >= 15 is 0 Å². The molecule has 0 spiro atoms. The van der Waals surface area contributed by atoms with E-state index in [-0.39, 0.29) is 16.5 Å². The summed E-state index contributed by atoms with van der Waals surface area (Å²) >= 11 is 2.75. The lowest BCUT2D eigenvalue weighted by Gasteiger charge is -2.23. The molecule has 1 amide bonds. The van der Waals surface area contributed by atoms with Crippen molar-refractivity contribution >= 4 is 45.7 Å². The summed E-state index contributed by atoms with van der Waals surface area (Å²) in [6.45, 7) is 9.43.